The molecule has 1 fully saturated rings. The van der Waals surface area contributed by atoms with Gasteiger partial charge in [-0.2, -0.15) is 13.2 Å². The quantitative estimate of drug-likeness (QED) is 0.599. The second-order valence-corrected chi connectivity index (χ2v) is 6.32. The van der Waals surface area contributed by atoms with Gasteiger partial charge in [-0.3, -0.25) is 0 Å². The SMILES string of the molecule is CCCCC1CCN(c2ccc(OC/C=C/C(F)(F)F)cc2)CC1. The maximum atomic E-state index is 12.0. The van der Waals surface area contributed by atoms with Crippen LogP contribution in [-0.2, 0) is 0 Å². The number of piperidine rings is 1. The highest BCUT2D eigenvalue weighted by molar-refractivity contribution is 5.49. The van der Waals surface area contributed by atoms with Crippen molar-refractivity contribution >= 4 is 5.69 Å². The summed E-state index contributed by atoms with van der Waals surface area (Å²) >= 11 is 0. The smallest absolute Gasteiger partial charge is 0.409 e. The van der Waals surface area contributed by atoms with Crippen LogP contribution >= 0.6 is 0 Å². The molecule has 134 valence electrons. The summed E-state index contributed by atoms with van der Waals surface area (Å²) in [6, 6.07) is 7.60. The Morgan fingerprint density at radius 3 is 2.42 bits per heavy atom. The van der Waals surface area contributed by atoms with Crippen molar-refractivity contribution in [2.75, 3.05) is 24.6 Å². The van der Waals surface area contributed by atoms with Gasteiger partial charge < -0.3 is 9.64 Å². The van der Waals surface area contributed by atoms with Crippen LogP contribution in [0.3, 0.4) is 0 Å². The summed E-state index contributed by atoms with van der Waals surface area (Å²) in [6.07, 6.45) is 3.29. The number of benzene rings is 1. The average molecular weight is 341 g/mol. The van der Waals surface area contributed by atoms with Crippen molar-refractivity contribution in [2.45, 2.75) is 45.2 Å². The molecule has 0 atom stereocenters. The normalized spacial score (nSPS) is 16.8. The summed E-state index contributed by atoms with van der Waals surface area (Å²) in [4.78, 5) is 2.37. The van der Waals surface area contributed by atoms with Crippen molar-refractivity contribution < 1.29 is 17.9 Å². The minimum absolute atomic E-state index is 0.0817. The first-order valence-electron chi connectivity index (χ1n) is 8.70. The first-order chi connectivity index (χ1) is 11.5. The van der Waals surface area contributed by atoms with Crippen molar-refractivity contribution in [3.8, 4) is 5.75 Å². The third-order valence-electron chi connectivity index (χ3n) is 4.44. The van der Waals surface area contributed by atoms with E-state index in [0.717, 1.165) is 30.8 Å². The predicted octanol–water partition coefficient (Wildman–Crippen LogP) is 5.59. The fourth-order valence-corrected chi connectivity index (χ4v) is 3.05. The number of unbranched alkanes of at least 4 members (excludes halogenated alkanes) is 1. The Balaban J connectivity index is 1.77. The standard InChI is InChI=1S/C19H26F3NO/c1-2-3-5-16-10-13-23(14-11-16)17-6-8-18(9-7-17)24-15-4-12-19(20,21)22/h4,6-9,12,16H,2-3,5,10-11,13-15H2,1H3/b12-4+. The van der Waals surface area contributed by atoms with E-state index in [1.807, 2.05) is 24.3 Å². The molecule has 0 bridgehead atoms. The lowest BCUT2D eigenvalue weighted by Gasteiger charge is -2.33. The molecule has 0 unspecified atom stereocenters. The van der Waals surface area contributed by atoms with Crippen molar-refractivity contribution in [1.82, 2.24) is 0 Å². The Labute approximate surface area is 142 Å². The van der Waals surface area contributed by atoms with E-state index < -0.39 is 6.18 Å². The number of alkyl halides is 3. The number of rotatable bonds is 7. The molecule has 0 amide bonds. The highest BCUT2D eigenvalue weighted by Crippen LogP contribution is 2.27. The lowest BCUT2D eigenvalue weighted by molar-refractivity contribution is -0.0801. The molecule has 0 radical (unpaired) electrons. The fourth-order valence-electron chi connectivity index (χ4n) is 3.05. The highest BCUT2D eigenvalue weighted by Gasteiger charge is 2.21. The summed E-state index contributed by atoms with van der Waals surface area (Å²) in [5.41, 5.74) is 1.15. The summed E-state index contributed by atoms with van der Waals surface area (Å²) in [7, 11) is 0. The number of allylic oxidation sites excluding steroid dienone is 1. The molecular formula is C19H26F3NO. The Kier molecular flexibility index (Phi) is 7.00. The third kappa shape index (κ3) is 6.46. The van der Waals surface area contributed by atoms with Crippen molar-refractivity contribution in [2.24, 2.45) is 5.92 Å². The van der Waals surface area contributed by atoms with Crippen LogP contribution in [0.15, 0.2) is 36.4 Å². The maximum absolute atomic E-state index is 12.0. The van der Waals surface area contributed by atoms with Gasteiger partial charge in [-0.05, 0) is 49.1 Å². The second-order valence-electron chi connectivity index (χ2n) is 6.32. The molecule has 0 spiro atoms. The lowest BCUT2D eigenvalue weighted by Crippen LogP contribution is -2.33. The average Bonchev–Trinajstić information content (AvgIpc) is 2.57. The van der Waals surface area contributed by atoms with Gasteiger partial charge in [0, 0.05) is 24.9 Å². The van der Waals surface area contributed by atoms with E-state index in [1.165, 1.54) is 32.1 Å². The highest BCUT2D eigenvalue weighted by atomic mass is 19.4. The minimum atomic E-state index is -4.28. The zero-order valence-electron chi connectivity index (χ0n) is 14.2. The summed E-state index contributed by atoms with van der Waals surface area (Å²) in [5.74, 6) is 1.44. The number of hydrogen-bond acceptors (Lipinski definition) is 2. The van der Waals surface area contributed by atoms with Crippen LogP contribution < -0.4 is 9.64 Å². The molecule has 5 heteroatoms. The number of ether oxygens (including phenoxy) is 1. The number of nitrogens with zero attached hydrogens (tertiary/aromatic N) is 1. The summed E-state index contributed by atoms with van der Waals surface area (Å²) in [5, 5.41) is 0. The Bertz CT molecular complexity index is 502. The fraction of sp³-hybridized carbons (Fsp3) is 0.579. The van der Waals surface area contributed by atoms with Gasteiger partial charge in [-0.25, -0.2) is 0 Å². The van der Waals surface area contributed by atoms with Gasteiger partial charge in [-0.15, -0.1) is 0 Å². The van der Waals surface area contributed by atoms with E-state index in [9.17, 15) is 13.2 Å². The van der Waals surface area contributed by atoms with E-state index in [1.54, 1.807) is 0 Å². The molecule has 1 heterocycles. The molecule has 1 aromatic carbocycles. The van der Waals surface area contributed by atoms with Crippen LogP contribution in [0.5, 0.6) is 5.75 Å². The predicted molar refractivity (Wildman–Crippen MR) is 91.6 cm³/mol. The van der Waals surface area contributed by atoms with Crippen molar-refractivity contribution in [3.05, 3.63) is 36.4 Å². The molecule has 0 aliphatic carbocycles. The van der Waals surface area contributed by atoms with Crippen LogP contribution in [0.4, 0.5) is 18.9 Å². The molecule has 0 saturated carbocycles. The summed E-state index contributed by atoms with van der Waals surface area (Å²) in [6.45, 7) is 4.30. The molecule has 1 aromatic rings. The largest absolute Gasteiger partial charge is 0.490 e. The van der Waals surface area contributed by atoms with Gasteiger partial charge in [0.1, 0.15) is 12.4 Å². The molecular weight excluding hydrogens is 315 g/mol. The summed E-state index contributed by atoms with van der Waals surface area (Å²) < 4.78 is 41.3. The number of halogens is 3. The molecule has 0 N–H and O–H groups in total. The molecule has 24 heavy (non-hydrogen) atoms. The zero-order valence-corrected chi connectivity index (χ0v) is 14.2. The number of anilines is 1. The first-order valence-corrected chi connectivity index (χ1v) is 8.70. The topological polar surface area (TPSA) is 12.5 Å². The zero-order chi connectivity index (χ0) is 17.4. The van der Waals surface area contributed by atoms with Crippen LogP contribution in [0.2, 0.25) is 0 Å². The van der Waals surface area contributed by atoms with Crippen LogP contribution in [0, 0.1) is 5.92 Å². The monoisotopic (exact) mass is 341 g/mol. The molecule has 1 saturated heterocycles. The molecule has 2 rings (SSSR count). The van der Waals surface area contributed by atoms with E-state index in [-0.39, 0.29) is 12.7 Å². The molecule has 2 nitrogen and oxygen atoms in total. The third-order valence-corrected chi connectivity index (χ3v) is 4.44. The van der Waals surface area contributed by atoms with E-state index in [0.29, 0.717) is 5.75 Å². The van der Waals surface area contributed by atoms with Gasteiger partial charge in [0.15, 0.2) is 0 Å². The van der Waals surface area contributed by atoms with Crippen LogP contribution in [0.25, 0.3) is 0 Å². The Hall–Kier alpha value is -1.65. The van der Waals surface area contributed by atoms with Gasteiger partial charge in [0.25, 0.3) is 0 Å². The minimum Gasteiger partial charge on any atom is -0.490 e. The van der Waals surface area contributed by atoms with E-state index in [2.05, 4.69) is 11.8 Å². The lowest BCUT2D eigenvalue weighted by atomic mass is 9.91. The van der Waals surface area contributed by atoms with Gasteiger partial charge in [0.05, 0.1) is 0 Å². The van der Waals surface area contributed by atoms with Crippen molar-refractivity contribution in [3.63, 3.8) is 0 Å². The molecule has 1 aliphatic rings. The van der Waals surface area contributed by atoms with Crippen LogP contribution in [0.1, 0.15) is 39.0 Å². The Morgan fingerprint density at radius 2 is 1.83 bits per heavy atom. The van der Waals surface area contributed by atoms with E-state index >= 15 is 0 Å². The van der Waals surface area contributed by atoms with Gasteiger partial charge in [0.2, 0.25) is 0 Å². The molecule has 1 aliphatic heterocycles. The maximum Gasteiger partial charge on any atom is 0.409 e. The Morgan fingerprint density at radius 1 is 1.17 bits per heavy atom. The van der Waals surface area contributed by atoms with Gasteiger partial charge >= 0.3 is 6.18 Å². The molecule has 0 aromatic heterocycles. The second kappa shape index (κ2) is 9.00. The number of hydrogen-bond donors (Lipinski definition) is 0. The van der Waals surface area contributed by atoms with Crippen LogP contribution in [-0.4, -0.2) is 25.9 Å². The first kappa shape index (κ1) is 18.7. The van der Waals surface area contributed by atoms with Crippen molar-refractivity contribution in [1.29, 1.82) is 0 Å². The van der Waals surface area contributed by atoms with Gasteiger partial charge in [-0.1, -0.05) is 26.2 Å². The van der Waals surface area contributed by atoms with E-state index in [4.69, 9.17) is 4.74 Å².